The number of nitrogens with zero attached hydrogens (tertiary/aromatic N) is 5. The molecule has 17 heavy (non-hydrogen) atoms. The quantitative estimate of drug-likeness (QED) is 0.883. The number of halogens is 1. The summed E-state index contributed by atoms with van der Waals surface area (Å²) in [5.74, 6) is 0.246. The van der Waals surface area contributed by atoms with Gasteiger partial charge in [-0.05, 0) is 29.8 Å². The number of rotatable bonds is 2. The van der Waals surface area contributed by atoms with Gasteiger partial charge < -0.3 is 10.3 Å². The van der Waals surface area contributed by atoms with Gasteiger partial charge in [-0.1, -0.05) is 0 Å². The van der Waals surface area contributed by atoms with Crippen LogP contribution < -0.4 is 11.3 Å². The van der Waals surface area contributed by atoms with Crippen molar-refractivity contribution in [3.63, 3.8) is 0 Å². The summed E-state index contributed by atoms with van der Waals surface area (Å²) in [4.78, 5) is 20.0. The molecule has 0 aliphatic rings. The van der Waals surface area contributed by atoms with E-state index in [1.165, 1.54) is 4.68 Å². The van der Waals surface area contributed by atoms with Gasteiger partial charge in [0.2, 0.25) is 16.5 Å². The van der Waals surface area contributed by atoms with Crippen LogP contribution in [0.1, 0.15) is 19.9 Å². The van der Waals surface area contributed by atoms with Crippen LogP contribution in [0.2, 0.25) is 0 Å². The van der Waals surface area contributed by atoms with Crippen LogP contribution in [0.15, 0.2) is 21.9 Å². The number of anilines is 1. The van der Waals surface area contributed by atoms with E-state index in [2.05, 4.69) is 31.0 Å². The summed E-state index contributed by atoms with van der Waals surface area (Å²) in [7, 11) is 0. The first-order valence-electron chi connectivity index (χ1n) is 4.96. The first kappa shape index (κ1) is 11.8. The Morgan fingerprint density at radius 2 is 2.18 bits per heavy atom. The monoisotopic (exact) mass is 298 g/mol. The van der Waals surface area contributed by atoms with E-state index in [0.29, 0.717) is 4.73 Å². The number of hydrogen-bond donors (Lipinski definition) is 1. The number of hydrogen-bond acceptors (Lipinski definition) is 5. The largest absolute Gasteiger partial charge is 0.366 e. The molecular weight excluding hydrogens is 288 g/mol. The van der Waals surface area contributed by atoms with E-state index in [4.69, 9.17) is 5.73 Å². The molecule has 90 valence electrons. The van der Waals surface area contributed by atoms with Crippen molar-refractivity contribution in [2.24, 2.45) is 0 Å². The highest BCUT2D eigenvalue weighted by molar-refractivity contribution is 9.10. The molecule has 0 unspecified atom stereocenters. The topological polar surface area (TPSA) is 91.6 Å². The summed E-state index contributed by atoms with van der Waals surface area (Å²) in [6.07, 6.45) is 3.17. The van der Waals surface area contributed by atoms with Crippen LogP contribution in [0.4, 0.5) is 5.95 Å². The SMILES string of the molecule is CC(C)n1ccnc(-n2nc(N)nc2Br)c1=O. The molecule has 2 rings (SSSR count). The van der Waals surface area contributed by atoms with Crippen molar-refractivity contribution in [2.75, 3.05) is 5.73 Å². The van der Waals surface area contributed by atoms with E-state index in [1.54, 1.807) is 17.0 Å². The Morgan fingerprint density at radius 1 is 1.47 bits per heavy atom. The molecule has 2 aromatic rings. The van der Waals surface area contributed by atoms with E-state index >= 15 is 0 Å². The molecule has 0 aliphatic carbocycles. The van der Waals surface area contributed by atoms with Crippen LogP contribution in [0, 0.1) is 0 Å². The molecule has 0 bridgehead atoms. The van der Waals surface area contributed by atoms with E-state index in [0.717, 1.165) is 0 Å². The number of nitrogen functional groups attached to an aromatic ring is 1. The van der Waals surface area contributed by atoms with Gasteiger partial charge in [0.1, 0.15) is 0 Å². The van der Waals surface area contributed by atoms with Crippen LogP contribution in [0.25, 0.3) is 5.82 Å². The number of nitrogens with two attached hydrogens (primary N) is 1. The second-order valence-corrected chi connectivity index (χ2v) is 4.42. The summed E-state index contributed by atoms with van der Waals surface area (Å²) in [6.45, 7) is 3.83. The summed E-state index contributed by atoms with van der Waals surface area (Å²) >= 11 is 3.17. The predicted molar refractivity (Wildman–Crippen MR) is 65.9 cm³/mol. The average molecular weight is 299 g/mol. The molecule has 0 aliphatic heterocycles. The van der Waals surface area contributed by atoms with Gasteiger partial charge in [-0.3, -0.25) is 4.79 Å². The van der Waals surface area contributed by atoms with E-state index < -0.39 is 0 Å². The molecular formula is C9H11BrN6O. The van der Waals surface area contributed by atoms with E-state index in [9.17, 15) is 4.79 Å². The van der Waals surface area contributed by atoms with Crippen molar-refractivity contribution in [3.8, 4) is 5.82 Å². The Hall–Kier alpha value is -1.70. The lowest BCUT2D eigenvalue weighted by Crippen LogP contribution is -2.27. The minimum absolute atomic E-state index is 0.0453. The van der Waals surface area contributed by atoms with E-state index in [-0.39, 0.29) is 23.4 Å². The second-order valence-electron chi connectivity index (χ2n) is 3.71. The van der Waals surface area contributed by atoms with Gasteiger partial charge >= 0.3 is 0 Å². The maximum absolute atomic E-state index is 12.1. The van der Waals surface area contributed by atoms with Crippen LogP contribution in [0.5, 0.6) is 0 Å². The first-order valence-corrected chi connectivity index (χ1v) is 5.75. The van der Waals surface area contributed by atoms with Crippen molar-refractivity contribution < 1.29 is 0 Å². The van der Waals surface area contributed by atoms with Crippen LogP contribution >= 0.6 is 15.9 Å². The van der Waals surface area contributed by atoms with Crippen LogP contribution in [-0.2, 0) is 0 Å². The van der Waals surface area contributed by atoms with Crippen LogP contribution in [0.3, 0.4) is 0 Å². The van der Waals surface area contributed by atoms with Crippen molar-refractivity contribution >= 4 is 21.9 Å². The third kappa shape index (κ3) is 2.07. The Kier molecular flexibility index (Phi) is 2.97. The Morgan fingerprint density at radius 3 is 2.71 bits per heavy atom. The van der Waals surface area contributed by atoms with E-state index in [1.807, 2.05) is 13.8 Å². The fourth-order valence-corrected chi connectivity index (χ4v) is 1.84. The normalized spacial score (nSPS) is 11.1. The molecule has 0 amide bonds. The van der Waals surface area contributed by atoms with Gasteiger partial charge in [0.15, 0.2) is 0 Å². The molecule has 7 nitrogen and oxygen atoms in total. The molecule has 0 spiro atoms. The number of aromatic nitrogens is 5. The van der Waals surface area contributed by atoms with Gasteiger partial charge in [0.25, 0.3) is 5.56 Å². The molecule has 0 aromatic carbocycles. The molecule has 0 atom stereocenters. The standard InChI is InChI=1S/C9H11BrN6O/c1-5(2)15-4-3-12-6(7(15)17)16-8(10)13-9(11)14-16/h3-5H,1-2H3,(H2,11,14). The summed E-state index contributed by atoms with van der Waals surface area (Å²) in [5.41, 5.74) is 5.21. The maximum Gasteiger partial charge on any atom is 0.296 e. The molecule has 8 heteroatoms. The van der Waals surface area contributed by atoms with Crippen molar-refractivity contribution in [2.45, 2.75) is 19.9 Å². The second kappa shape index (κ2) is 4.28. The fraction of sp³-hybridized carbons (Fsp3) is 0.333. The minimum Gasteiger partial charge on any atom is -0.366 e. The van der Waals surface area contributed by atoms with Gasteiger partial charge in [0, 0.05) is 18.4 Å². The zero-order valence-electron chi connectivity index (χ0n) is 9.33. The summed E-state index contributed by atoms with van der Waals surface area (Å²) < 4.78 is 3.18. The highest BCUT2D eigenvalue weighted by atomic mass is 79.9. The zero-order chi connectivity index (χ0) is 12.6. The third-order valence-corrected chi connectivity index (χ3v) is 2.70. The molecule has 2 N–H and O–H groups in total. The highest BCUT2D eigenvalue weighted by Gasteiger charge is 2.14. The Labute approximate surface area is 105 Å². The Bertz CT molecular complexity index is 602. The lowest BCUT2D eigenvalue weighted by molar-refractivity contribution is 0.567. The molecule has 0 saturated heterocycles. The molecule has 0 radical (unpaired) electrons. The smallest absolute Gasteiger partial charge is 0.296 e. The predicted octanol–water partition coefficient (Wildman–Crippen LogP) is 0.750. The van der Waals surface area contributed by atoms with Crippen molar-refractivity contribution in [1.29, 1.82) is 0 Å². The van der Waals surface area contributed by atoms with Crippen molar-refractivity contribution in [1.82, 2.24) is 24.3 Å². The minimum atomic E-state index is -0.242. The summed E-state index contributed by atoms with van der Waals surface area (Å²) in [5, 5.41) is 3.90. The molecule has 0 fully saturated rings. The first-order chi connectivity index (χ1) is 8.00. The summed E-state index contributed by atoms with van der Waals surface area (Å²) in [6, 6.07) is 0.0453. The lowest BCUT2D eigenvalue weighted by atomic mass is 10.4. The maximum atomic E-state index is 12.1. The van der Waals surface area contributed by atoms with Gasteiger partial charge in [0.05, 0.1) is 0 Å². The third-order valence-electron chi connectivity index (χ3n) is 2.19. The van der Waals surface area contributed by atoms with Gasteiger partial charge in [-0.15, -0.1) is 5.10 Å². The fourth-order valence-electron chi connectivity index (χ4n) is 1.41. The molecule has 2 aromatic heterocycles. The lowest BCUT2D eigenvalue weighted by Gasteiger charge is -2.10. The van der Waals surface area contributed by atoms with Gasteiger partial charge in [-0.2, -0.15) is 9.67 Å². The Balaban J connectivity index is 2.65. The van der Waals surface area contributed by atoms with Crippen LogP contribution in [-0.4, -0.2) is 24.3 Å². The zero-order valence-corrected chi connectivity index (χ0v) is 10.9. The highest BCUT2D eigenvalue weighted by Crippen LogP contribution is 2.11. The van der Waals surface area contributed by atoms with Crippen molar-refractivity contribution in [3.05, 3.63) is 27.5 Å². The average Bonchev–Trinajstić information content (AvgIpc) is 2.57. The van der Waals surface area contributed by atoms with Gasteiger partial charge in [-0.25, -0.2) is 4.98 Å². The molecule has 2 heterocycles. The molecule has 0 saturated carbocycles.